The third-order valence-electron chi connectivity index (χ3n) is 4.86. The van der Waals surface area contributed by atoms with Crippen molar-refractivity contribution in [2.45, 2.75) is 60.5 Å². The fraction of sp³-hybridized carbons (Fsp3) is 0.500. The van der Waals surface area contributed by atoms with Crippen molar-refractivity contribution in [3.8, 4) is 0 Å². The molecule has 27 heavy (non-hydrogen) atoms. The molecule has 5 heteroatoms. The summed E-state index contributed by atoms with van der Waals surface area (Å²) in [6.07, 6.45) is 2.50. The van der Waals surface area contributed by atoms with E-state index in [-0.39, 0.29) is 0 Å². The van der Waals surface area contributed by atoms with Crippen molar-refractivity contribution < 1.29 is 9.32 Å². The highest BCUT2D eigenvalue weighted by molar-refractivity contribution is 7.80. The molecule has 0 radical (unpaired) electrons. The largest absolute Gasteiger partial charge is 0.458 e. The number of rotatable bonds is 9. The van der Waals surface area contributed by atoms with Crippen LogP contribution in [0.3, 0.4) is 0 Å². The third kappa shape index (κ3) is 6.67. The predicted octanol–water partition coefficient (Wildman–Crippen LogP) is 3.90. The van der Waals surface area contributed by atoms with Crippen LogP contribution in [-0.2, 0) is 13.1 Å². The van der Waals surface area contributed by atoms with Crippen LogP contribution in [0.25, 0.3) is 0 Å². The Balaban J connectivity index is 1.86. The van der Waals surface area contributed by atoms with Gasteiger partial charge in [0.15, 0.2) is 10.9 Å². The summed E-state index contributed by atoms with van der Waals surface area (Å²) >= 11 is 5.46. The molecule has 3 N–H and O–H groups in total. The molecule has 1 heterocycles. The molecular weight excluding hydrogens is 354 g/mol. The number of furan rings is 1. The van der Waals surface area contributed by atoms with E-state index in [0.29, 0.717) is 11.7 Å². The van der Waals surface area contributed by atoms with Gasteiger partial charge in [-0.1, -0.05) is 31.0 Å². The zero-order chi connectivity index (χ0) is 19.8. The molecule has 0 aliphatic heterocycles. The minimum absolute atomic E-state index is 0.589. The Hall–Kier alpha value is -1.85. The molecule has 0 spiro atoms. The van der Waals surface area contributed by atoms with Crippen LogP contribution in [0.4, 0.5) is 5.69 Å². The quantitative estimate of drug-likeness (QED) is 0.570. The summed E-state index contributed by atoms with van der Waals surface area (Å²) in [6.45, 7) is 14.6. The van der Waals surface area contributed by atoms with E-state index in [2.05, 4.69) is 63.5 Å². The molecule has 1 aromatic heterocycles. The topological polar surface area (TPSA) is 41.6 Å². The van der Waals surface area contributed by atoms with Gasteiger partial charge in [-0.2, -0.15) is 0 Å². The van der Waals surface area contributed by atoms with Gasteiger partial charge in [0, 0.05) is 5.69 Å². The maximum atomic E-state index is 5.99. The molecule has 1 atom stereocenters. The van der Waals surface area contributed by atoms with Crippen molar-refractivity contribution in [3.05, 3.63) is 52.5 Å². The summed E-state index contributed by atoms with van der Waals surface area (Å²) in [5.41, 5.74) is 4.74. The molecule has 4 nitrogen and oxygen atoms in total. The minimum atomic E-state index is 0.589. The second-order valence-corrected chi connectivity index (χ2v) is 7.74. The zero-order valence-corrected chi connectivity index (χ0v) is 18.2. The molecule has 0 aliphatic carbocycles. The van der Waals surface area contributed by atoms with E-state index in [1.54, 1.807) is 4.90 Å². The monoisotopic (exact) mass is 388 g/mol. The van der Waals surface area contributed by atoms with E-state index in [0.717, 1.165) is 30.3 Å². The van der Waals surface area contributed by atoms with E-state index in [1.807, 2.05) is 6.07 Å². The molecule has 0 fully saturated rings. The second-order valence-electron chi connectivity index (χ2n) is 7.33. The smallest absolute Gasteiger partial charge is 0.171 e. The molecule has 148 valence electrons. The predicted molar refractivity (Wildman–Crippen MR) is 117 cm³/mol. The summed E-state index contributed by atoms with van der Waals surface area (Å²) in [4.78, 5) is 1.56. The number of anilines is 1. The zero-order valence-electron chi connectivity index (χ0n) is 17.4. The van der Waals surface area contributed by atoms with Gasteiger partial charge in [0.05, 0.1) is 19.6 Å². The van der Waals surface area contributed by atoms with Crippen LogP contribution in [0.5, 0.6) is 0 Å². The first-order valence-corrected chi connectivity index (χ1v) is 10.4. The first kappa shape index (κ1) is 21.5. The van der Waals surface area contributed by atoms with Gasteiger partial charge in [0.25, 0.3) is 0 Å². The maximum absolute atomic E-state index is 5.99. The Morgan fingerprint density at radius 1 is 1.07 bits per heavy atom. The van der Waals surface area contributed by atoms with Crippen LogP contribution >= 0.6 is 12.2 Å². The molecule has 2 aromatic rings. The molecule has 0 amide bonds. The Morgan fingerprint density at radius 3 is 2.37 bits per heavy atom. The normalized spacial score (nSPS) is 12.0. The van der Waals surface area contributed by atoms with Crippen LogP contribution < -0.4 is 15.5 Å². The van der Waals surface area contributed by atoms with Crippen LogP contribution in [0.2, 0.25) is 0 Å². The van der Waals surface area contributed by atoms with Gasteiger partial charge in [-0.3, -0.25) is 0 Å². The van der Waals surface area contributed by atoms with Crippen molar-refractivity contribution in [2.24, 2.45) is 0 Å². The van der Waals surface area contributed by atoms with Crippen molar-refractivity contribution in [2.75, 3.05) is 18.4 Å². The number of hydrogen-bond acceptors (Lipinski definition) is 2. The summed E-state index contributed by atoms with van der Waals surface area (Å²) in [7, 11) is 0. The van der Waals surface area contributed by atoms with Crippen molar-refractivity contribution in [1.29, 1.82) is 0 Å². The maximum Gasteiger partial charge on any atom is 0.171 e. The Bertz CT molecular complexity index is 731. The van der Waals surface area contributed by atoms with E-state index in [9.17, 15) is 0 Å². The molecule has 1 aromatic carbocycles. The number of unbranched alkanes of at least 4 members (excludes halogenated alkanes) is 1. The van der Waals surface area contributed by atoms with Crippen molar-refractivity contribution >= 4 is 23.0 Å². The SMILES string of the molecule is CCCC[NH+](CC)Cc1ccc(CNC(=S)Nc2c(C)cc(C)cc2C)o1. The summed E-state index contributed by atoms with van der Waals surface area (Å²) in [5, 5.41) is 7.19. The second kappa shape index (κ2) is 10.5. The van der Waals surface area contributed by atoms with Gasteiger partial charge in [0.2, 0.25) is 0 Å². The molecule has 0 saturated carbocycles. The Labute approximate surface area is 169 Å². The lowest BCUT2D eigenvalue weighted by molar-refractivity contribution is -0.913. The average Bonchev–Trinajstić information content (AvgIpc) is 3.07. The van der Waals surface area contributed by atoms with Crippen LogP contribution in [0.15, 0.2) is 28.7 Å². The Morgan fingerprint density at radius 2 is 1.74 bits per heavy atom. The number of thiocarbonyl (C=S) groups is 1. The number of benzene rings is 1. The van der Waals surface area contributed by atoms with E-state index in [4.69, 9.17) is 16.6 Å². The van der Waals surface area contributed by atoms with Gasteiger partial charge >= 0.3 is 0 Å². The van der Waals surface area contributed by atoms with Gasteiger partial charge in [-0.15, -0.1) is 0 Å². The van der Waals surface area contributed by atoms with E-state index >= 15 is 0 Å². The van der Waals surface area contributed by atoms with Crippen LogP contribution in [0.1, 0.15) is 54.9 Å². The standard InChI is InChI=1S/C22H33N3OS/c1-6-8-11-25(7-2)15-20-10-9-19(26-20)14-23-22(27)24-21-17(4)12-16(3)13-18(21)5/h9-10,12-13H,6-8,11,14-15H2,1-5H3,(H2,23,24,27)/p+1. The van der Waals surface area contributed by atoms with Crippen molar-refractivity contribution in [1.82, 2.24) is 5.32 Å². The van der Waals surface area contributed by atoms with E-state index in [1.165, 1.54) is 36.1 Å². The van der Waals surface area contributed by atoms with Gasteiger partial charge in [-0.25, -0.2) is 0 Å². The highest BCUT2D eigenvalue weighted by Gasteiger charge is 2.11. The molecule has 0 aliphatic rings. The highest BCUT2D eigenvalue weighted by atomic mass is 32.1. The molecule has 0 bridgehead atoms. The molecule has 1 unspecified atom stereocenters. The Kier molecular flexibility index (Phi) is 8.32. The first-order valence-electron chi connectivity index (χ1n) is 9.96. The molecule has 0 saturated heterocycles. The molecular formula is C22H34N3OS+. The lowest BCUT2D eigenvalue weighted by Gasteiger charge is -2.16. The third-order valence-corrected chi connectivity index (χ3v) is 5.11. The summed E-state index contributed by atoms with van der Waals surface area (Å²) in [5.74, 6) is 1.96. The van der Waals surface area contributed by atoms with Crippen LogP contribution in [-0.4, -0.2) is 18.2 Å². The number of hydrogen-bond donors (Lipinski definition) is 3. The van der Waals surface area contributed by atoms with Crippen LogP contribution in [0, 0.1) is 20.8 Å². The number of quaternary nitrogens is 1. The van der Waals surface area contributed by atoms with Gasteiger partial charge in [0.1, 0.15) is 12.3 Å². The fourth-order valence-corrected chi connectivity index (χ4v) is 3.55. The number of nitrogens with one attached hydrogen (secondary N) is 3. The summed E-state index contributed by atoms with van der Waals surface area (Å²) in [6, 6.07) is 8.46. The lowest BCUT2D eigenvalue weighted by atomic mass is 10.1. The van der Waals surface area contributed by atoms with E-state index < -0.39 is 0 Å². The highest BCUT2D eigenvalue weighted by Crippen LogP contribution is 2.21. The number of aryl methyl sites for hydroxylation is 3. The van der Waals surface area contributed by atoms with Gasteiger partial charge < -0.3 is 20.0 Å². The minimum Gasteiger partial charge on any atom is -0.458 e. The lowest BCUT2D eigenvalue weighted by Crippen LogP contribution is -3.10. The van der Waals surface area contributed by atoms with Gasteiger partial charge in [-0.05, 0) is 69.6 Å². The van der Waals surface area contributed by atoms with Crippen molar-refractivity contribution in [3.63, 3.8) is 0 Å². The summed E-state index contributed by atoms with van der Waals surface area (Å²) < 4.78 is 5.99. The molecule has 2 rings (SSSR count). The first-order chi connectivity index (χ1) is 12.9. The fourth-order valence-electron chi connectivity index (χ4n) is 3.38. The average molecular weight is 389 g/mol.